The van der Waals surface area contributed by atoms with Gasteiger partial charge in [-0.1, -0.05) is 43.6 Å². The van der Waals surface area contributed by atoms with E-state index in [4.69, 9.17) is 0 Å². The second-order valence-corrected chi connectivity index (χ2v) is 5.59. The van der Waals surface area contributed by atoms with Gasteiger partial charge in [0.15, 0.2) is 0 Å². The zero-order chi connectivity index (χ0) is 13.0. The van der Waals surface area contributed by atoms with Crippen LogP contribution in [-0.4, -0.2) is 5.91 Å². The van der Waals surface area contributed by atoms with E-state index in [1.54, 1.807) is 0 Å². The molecule has 1 amide bonds. The minimum absolute atomic E-state index is 0.0309. The summed E-state index contributed by atoms with van der Waals surface area (Å²) in [5.41, 5.74) is 2.08. The molecule has 0 fully saturated rings. The Labute approximate surface area is 112 Å². The fourth-order valence-electron chi connectivity index (χ4n) is 1.53. The van der Waals surface area contributed by atoms with Crippen molar-refractivity contribution in [2.75, 3.05) is 5.32 Å². The van der Waals surface area contributed by atoms with Crippen LogP contribution in [0.1, 0.15) is 33.3 Å². The number of carbonyl (C=O) groups excluding carboxylic acids is 1. The van der Waals surface area contributed by atoms with Crippen LogP contribution >= 0.6 is 15.9 Å². The second-order valence-electron chi connectivity index (χ2n) is 4.68. The minimum atomic E-state index is 0.0309. The van der Waals surface area contributed by atoms with Crippen LogP contribution in [0.2, 0.25) is 0 Å². The third-order valence-corrected chi connectivity index (χ3v) is 3.61. The average molecular weight is 298 g/mol. The van der Waals surface area contributed by atoms with Gasteiger partial charge >= 0.3 is 0 Å². The predicted molar refractivity (Wildman–Crippen MR) is 76.2 cm³/mol. The molecule has 1 aromatic carbocycles. The first-order chi connectivity index (χ1) is 7.95. The molecule has 1 rings (SSSR count). The molecule has 2 nitrogen and oxygen atoms in total. The molecule has 94 valence electrons. The van der Waals surface area contributed by atoms with Gasteiger partial charge in [-0.3, -0.25) is 4.79 Å². The van der Waals surface area contributed by atoms with Crippen molar-refractivity contribution in [3.8, 4) is 0 Å². The molecule has 1 aromatic rings. The van der Waals surface area contributed by atoms with Crippen LogP contribution in [0.25, 0.3) is 0 Å². The van der Waals surface area contributed by atoms with Gasteiger partial charge in [0, 0.05) is 16.1 Å². The summed E-state index contributed by atoms with van der Waals surface area (Å²) in [7, 11) is 0. The van der Waals surface area contributed by atoms with E-state index in [-0.39, 0.29) is 11.8 Å². The summed E-state index contributed by atoms with van der Waals surface area (Å²) in [5.74, 6) is 0.482. The number of hydrogen-bond acceptors (Lipinski definition) is 1. The van der Waals surface area contributed by atoms with Gasteiger partial charge in [0.1, 0.15) is 0 Å². The van der Waals surface area contributed by atoms with Crippen molar-refractivity contribution in [1.29, 1.82) is 0 Å². The molecule has 1 N–H and O–H groups in total. The molecule has 0 saturated carbocycles. The second kappa shape index (κ2) is 6.20. The standard InChI is InChI=1S/C14H20BrNO/c1-5-11-8-12(15)6-7-13(11)16-14(17)10(4)9(2)3/h6-10H,5H2,1-4H3,(H,16,17). The van der Waals surface area contributed by atoms with E-state index >= 15 is 0 Å². The summed E-state index contributed by atoms with van der Waals surface area (Å²) in [6, 6.07) is 5.96. The summed E-state index contributed by atoms with van der Waals surface area (Å²) >= 11 is 3.44. The Morgan fingerprint density at radius 1 is 1.35 bits per heavy atom. The lowest BCUT2D eigenvalue weighted by Gasteiger charge is -2.17. The Bertz CT molecular complexity index is 401. The Morgan fingerprint density at radius 2 is 2.00 bits per heavy atom. The van der Waals surface area contributed by atoms with Crippen molar-refractivity contribution in [3.63, 3.8) is 0 Å². The average Bonchev–Trinajstić information content (AvgIpc) is 2.30. The zero-order valence-corrected chi connectivity index (χ0v) is 12.5. The van der Waals surface area contributed by atoms with Crippen LogP contribution in [0, 0.1) is 11.8 Å². The SMILES string of the molecule is CCc1cc(Br)ccc1NC(=O)C(C)C(C)C. The molecule has 0 aliphatic rings. The van der Waals surface area contributed by atoms with Gasteiger partial charge in [0.2, 0.25) is 5.91 Å². The Balaban J connectivity index is 2.84. The molecule has 0 aliphatic carbocycles. The van der Waals surface area contributed by atoms with Crippen LogP contribution in [0.15, 0.2) is 22.7 Å². The van der Waals surface area contributed by atoms with Gasteiger partial charge in [-0.15, -0.1) is 0 Å². The van der Waals surface area contributed by atoms with Gasteiger partial charge in [-0.25, -0.2) is 0 Å². The Kier molecular flexibility index (Phi) is 5.19. The maximum atomic E-state index is 12.0. The number of benzene rings is 1. The lowest BCUT2D eigenvalue weighted by atomic mass is 9.97. The van der Waals surface area contributed by atoms with E-state index in [0.717, 1.165) is 22.1 Å². The topological polar surface area (TPSA) is 29.1 Å². The number of hydrogen-bond donors (Lipinski definition) is 1. The highest BCUT2D eigenvalue weighted by atomic mass is 79.9. The first-order valence-corrected chi connectivity index (χ1v) is 6.84. The molecule has 0 radical (unpaired) electrons. The number of anilines is 1. The van der Waals surface area contributed by atoms with E-state index < -0.39 is 0 Å². The lowest BCUT2D eigenvalue weighted by molar-refractivity contribution is -0.120. The molecule has 1 unspecified atom stereocenters. The number of rotatable bonds is 4. The van der Waals surface area contributed by atoms with Gasteiger partial charge in [0.25, 0.3) is 0 Å². The molecular weight excluding hydrogens is 278 g/mol. The number of carbonyl (C=O) groups is 1. The molecule has 0 bridgehead atoms. The number of amides is 1. The van der Waals surface area contributed by atoms with Crippen molar-refractivity contribution in [2.24, 2.45) is 11.8 Å². The molecule has 0 saturated heterocycles. The van der Waals surface area contributed by atoms with Crippen molar-refractivity contribution < 1.29 is 4.79 Å². The van der Waals surface area contributed by atoms with Crippen molar-refractivity contribution >= 4 is 27.5 Å². The Morgan fingerprint density at radius 3 is 2.53 bits per heavy atom. The summed E-state index contributed by atoms with van der Waals surface area (Å²) in [6.07, 6.45) is 0.908. The summed E-state index contributed by atoms with van der Waals surface area (Å²) in [5, 5.41) is 3.01. The smallest absolute Gasteiger partial charge is 0.227 e. The number of nitrogens with one attached hydrogen (secondary N) is 1. The Hall–Kier alpha value is -0.830. The third-order valence-electron chi connectivity index (χ3n) is 3.12. The van der Waals surface area contributed by atoms with Crippen molar-refractivity contribution in [2.45, 2.75) is 34.1 Å². The largest absolute Gasteiger partial charge is 0.326 e. The molecule has 0 spiro atoms. The van der Waals surface area contributed by atoms with Crippen molar-refractivity contribution in [3.05, 3.63) is 28.2 Å². The van der Waals surface area contributed by atoms with Crippen LogP contribution < -0.4 is 5.32 Å². The maximum Gasteiger partial charge on any atom is 0.227 e. The zero-order valence-electron chi connectivity index (χ0n) is 10.9. The van der Waals surface area contributed by atoms with Gasteiger partial charge < -0.3 is 5.32 Å². The summed E-state index contributed by atoms with van der Waals surface area (Å²) in [6.45, 7) is 8.17. The van der Waals surface area contributed by atoms with Crippen LogP contribution in [0.5, 0.6) is 0 Å². The van der Waals surface area contributed by atoms with E-state index in [9.17, 15) is 4.79 Å². The monoisotopic (exact) mass is 297 g/mol. The first-order valence-electron chi connectivity index (χ1n) is 6.05. The van der Waals surface area contributed by atoms with Gasteiger partial charge in [-0.05, 0) is 36.1 Å². The number of halogens is 1. The van der Waals surface area contributed by atoms with E-state index in [2.05, 4.69) is 48.1 Å². The normalized spacial score (nSPS) is 12.6. The lowest BCUT2D eigenvalue weighted by Crippen LogP contribution is -2.24. The van der Waals surface area contributed by atoms with Crippen LogP contribution in [0.4, 0.5) is 5.69 Å². The fraction of sp³-hybridized carbons (Fsp3) is 0.500. The highest BCUT2D eigenvalue weighted by molar-refractivity contribution is 9.10. The van der Waals surface area contributed by atoms with Gasteiger partial charge in [0.05, 0.1) is 0 Å². The summed E-state index contributed by atoms with van der Waals surface area (Å²) < 4.78 is 1.05. The molecule has 17 heavy (non-hydrogen) atoms. The van der Waals surface area contributed by atoms with E-state index in [1.165, 1.54) is 0 Å². The van der Waals surface area contributed by atoms with Crippen molar-refractivity contribution in [1.82, 2.24) is 0 Å². The molecule has 0 aromatic heterocycles. The predicted octanol–water partition coefficient (Wildman–Crippen LogP) is 4.24. The highest BCUT2D eigenvalue weighted by Crippen LogP contribution is 2.23. The minimum Gasteiger partial charge on any atom is -0.326 e. The van der Waals surface area contributed by atoms with Gasteiger partial charge in [-0.2, -0.15) is 0 Å². The first kappa shape index (κ1) is 14.2. The quantitative estimate of drug-likeness (QED) is 0.885. The molecule has 0 aliphatic heterocycles. The molecule has 0 heterocycles. The van der Waals surface area contributed by atoms with Crippen LogP contribution in [0.3, 0.4) is 0 Å². The van der Waals surface area contributed by atoms with Crippen LogP contribution in [-0.2, 0) is 11.2 Å². The molecule has 1 atom stereocenters. The fourth-order valence-corrected chi connectivity index (χ4v) is 1.93. The summed E-state index contributed by atoms with van der Waals surface area (Å²) in [4.78, 5) is 12.0. The molecular formula is C14H20BrNO. The highest BCUT2D eigenvalue weighted by Gasteiger charge is 2.17. The van der Waals surface area contributed by atoms with E-state index in [0.29, 0.717) is 5.92 Å². The molecule has 3 heteroatoms. The van der Waals surface area contributed by atoms with E-state index in [1.807, 2.05) is 19.1 Å². The number of aryl methyl sites for hydroxylation is 1. The maximum absolute atomic E-state index is 12.0. The third kappa shape index (κ3) is 3.84.